The van der Waals surface area contributed by atoms with Gasteiger partial charge < -0.3 is 19.7 Å². The fourth-order valence-corrected chi connectivity index (χ4v) is 2.25. The monoisotopic (exact) mass is 364 g/mol. The standard InChI is InChI=1S/C19H24N2O3.ClH/c1-20-18(13-14-23-16-7-5-4-6-8-16)15-9-11-17(12-10-15)24-19(22)21(2)3;/h4-12,18,20H,13-14H2,1-3H3;1H. The van der Waals surface area contributed by atoms with E-state index in [1.807, 2.05) is 49.5 Å². The van der Waals surface area contributed by atoms with Gasteiger partial charge in [0.05, 0.1) is 6.61 Å². The second-order valence-corrected chi connectivity index (χ2v) is 5.62. The number of para-hydroxylation sites is 1. The minimum atomic E-state index is -0.385. The zero-order valence-electron chi connectivity index (χ0n) is 14.8. The van der Waals surface area contributed by atoms with E-state index in [1.165, 1.54) is 4.90 Å². The lowest BCUT2D eigenvalue weighted by Crippen LogP contribution is -2.25. The van der Waals surface area contributed by atoms with Crippen LogP contribution in [0.4, 0.5) is 4.79 Å². The van der Waals surface area contributed by atoms with E-state index in [9.17, 15) is 4.79 Å². The Bertz CT molecular complexity index is 633. The average molecular weight is 365 g/mol. The van der Waals surface area contributed by atoms with Crippen molar-refractivity contribution in [3.05, 3.63) is 60.2 Å². The van der Waals surface area contributed by atoms with Crippen molar-refractivity contribution < 1.29 is 14.3 Å². The van der Waals surface area contributed by atoms with Gasteiger partial charge in [-0.05, 0) is 36.9 Å². The second kappa shape index (κ2) is 10.6. The molecule has 2 aromatic carbocycles. The average Bonchev–Trinajstić information content (AvgIpc) is 2.60. The molecule has 136 valence electrons. The van der Waals surface area contributed by atoms with Crippen LogP contribution in [0.15, 0.2) is 54.6 Å². The summed E-state index contributed by atoms with van der Waals surface area (Å²) in [4.78, 5) is 12.9. The van der Waals surface area contributed by atoms with E-state index in [-0.39, 0.29) is 24.5 Å². The lowest BCUT2D eigenvalue weighted by Gasteiger charge is -2.18. The molecule has 1 amide bonds. The fourth-order valence-electron chi connectivity index (χ4n) is 2.25. The highest BCUT2D eigenvalue weighted by atomic mass is 35.5. The van der Waals surface area contributed by atoms with Crippen LogP contribution in [0.3, 0.4) is 0 Å². The first-order valence-corrected chi connectivity index (χ1v) is 7.94. The Kier molecular flexibility index (Phi) is 8.81. The first-order chi connectivity index (χ1) is 11.6. The predicted octanol–water partition coefficient (Wildman–Crippen LogP) is 3.90. The Hall–Kier alpha value is -2.24. The molecule has 2 rings (SSSR count). The molecule has 0 aliphatic heterocycles. The largest absolute Gasteiger partial charge is 0.494 e. The lowest BCUT2D eigenvalue weighted by atomic mass is 10.0. The summed E-state index contributed by atoms with van der Waals surface area (Å²) in [6, 6.07) is 17.5. The van der Waals surface area contributed by atoms with Crippen molar-refractivity contribution in [1.29, 1.82) is 0 Å². The third-order valence-corrected chi connectivity index (χ3v) is 3.62. The van der Waals surface area contributed by atoms with Gasteiger partial charge in [0.2, 0.25) is 0 Å². The van der Waals surface area contributed by atoms with Crippen LogP contribution >= 0.6 is 12.4 Å². The number of ether oxygens (including phenoxy) is 2. The molecule has 1 atom stereocenters. The molecule has 0 fully saturated rings. The van der Waals surface area contributed by atoms with Crippen LogP contribution in [-0.4, -0.2) is 38.7 Å². The molecule has 2 aromatic rings. The van der Waals surface area contributed by atoms with Crippen LogP contribution in [0.1, 0.15) is 18.0 Å². The lowest BCUT2D eigenvalue weighted by molar-refractivity contribution is 0.172. The van der Waals surface area contributed by atoms with Gasteiger partial charge in [0.15, 0.2) is 0 Å². The minimum Gasteiger partial charge on any atom is -0.494 e. The normalized spacial score (nSPS) is 11.2. The number of benzene rings is 2. The van der Waals surface area contributed by atoms with E-state index in [4.69, 9.17) is 9.47 Å². The highest BCUT2D eigenvalue weighted by Crippen LogP contribution is 2.21. The smallest absolute Gasteiger partial charge is 0.414 e. The molecular weight excluding hydrogens is 340 g/mol. The first-order valence-electron chi connectivity index (χ1n) is 7.94. The SMILES string of the molecule is CNC(CCOc1ccccc1)c1ccc(OC(=O)N(C)C)cc1.Cl. The molecule has 0 saturated carbocycles. The van der Waals surface area contributed by atoms with Gasteiger partial charge in [-0.2, -0.15) is 0 Å². The van der Waals surface area contributed by atoms with Gasteiger partial charge in [0.25, 0.3) is 0 Å². The molecular formula is C19H25ClN2O3. The summed E-state index contributed by atoms with van der Waals surface area (Å²) in [6.07, 6.45) is 0.451. The predicted molar refractivity (Wildman–Crippen MR) is 102 cm³/mol. The number of nitrogens with zero attached hydrogens (tertiary/aromatic N) is 1. The number of carbonyl (C=O) groups is 1. The Balaban J connectivity index is 0.00000312. The van der Waals surface area contributed by atoms with Gasteiger partial charge in [0, 0.05) is 26.6 Å². The Morgan fingerprint density at radius 1 is 1.04 bits per heavy atom. The molecule has 0 saturated heterocycles. The number of amides is 1. The van der Waals surface area contributed by atoms with E-state index in [1.54, 1.807) is 26.2 Å². The van der Waals surface area contributed by atoms with Crippen LogP contribution in [-0.2, 0) is 0 Å². The van der Waals surface area contributed by atoms with Crippen molar-refractivity contribution in [3.63, 3.8) is 0 Å². The minimum absolute atomic E-state index is 0. The molecule has 0 aliphatic carbocycles. The number of halogens is 1. The maximum Gasteiger partial charge on any atom is 0.414 e. The van der Waals surface area contributed by atoms with E-state index < -0.39 is 0 Å². The van der Waals surface area contributed by atoms with Gasteiger partial charge in [-0.3, -0.25) is 0 Å². The Labute approximate surface area is 155 Å². The second-order valence-electron chi connectivity index (χ2n) is 5.62. The summed E-state index contributed by atoms with van der Waals surface area (Å²) in [5.74, 6) is 1.41. The van der Waals surface area contributed by atoms with Crippen molar-refractivity contribution in [2.24, 2.45) is 0 Å². The number of hydrogen-bond acceptors (Lipinski definition) is 4. The molecule has 25 heavy (non-hydrogen) atoms. The number of nitrogens with one attached hydrogen (secondary N) is 1. The van der Waals surface area contributed by atoms with Crippen LogP contribution in [0.25, 0.3) is 0 Å². The van der Waals surface area contributed by atoms with Crippen molar-refractivity contribution in [3.8, 4) is 11.5 Å². The van der Waals surface area contributed by atoms with Gasteiger partial charge in [-0.15, -0.1) is 12.4 Å². The van der Waals surface area contributed by atoms with E-state index in [0.717, 1.165) is 17.7 Å². The zero-order valence-corrected chi connectivity index (χ0v) is 15.6. The molecule has 6 heteroatoms. The quantitative estimate of drug-likeness (QED) is 0.809. The molecule has 0 aliphatic rings. The molecule has 0 spiro atoms. The highest BCUT2D eigenvalue weighted by molar-refractivity contribution is 5.85. The van der Waals surface area contributed by atoms with Crippen molar-refractivity contribution in [2.75, 3.05) is 27.7 Å². The summed E-state index contributed by atoms with van der Waals surface area (Å²) < 4.78 is 11.0. The molecule has 5 nitrogen and oxygen atoms in total. The Morgan fingerprint density at radius 2 is 1.68 bits per heavy atom. The Morgan fingerprint density at radius 3 is 2.24 bits per heavy atom. The van der Waals surface area contributed by atoms with E-state index in [0.29, 0.717) is 12.4 Å². The molecule has 0 radical (unpaired) electrons. The summed E-state index contributed by atoms with van der Waals surface area (Å²) in [6.45, 7) is 0.618. The van der Waals surface area contributed by atoms with Crippen LogP contribution in [0.2, 0.25) is 0 Å². The third kappa shape index (κ3) is 6.64. The summed E-state index contributed by atoms with van der Waals surface area (Å²) >= 11 is 0. The zero-order chi connectivity index (χ0) is 17.4. The first kappa shape index (κ1) is 20.8. The number of hydrogen-bond donors (Lipinski definition) is 1. The van der Waals surface area contributed by atoms with Crippen molar-refractivity contribution in [1.82, 2.24) is 10.2 Å². The summed E-state index contributed by atoms with van der Waals surface area (Å²) in [5, 5.41) is 3.29. The van der Waals surface area contributed by atoms with Crippen LogP contribution in [0.5, 0.6) is 11.5 Å². The molecule has 0 aromatic heterocycles. The van der Waals surface area contributed by atoms with Crippen molar-refractivity contribution >= 4 is 18.5 Å². The third-order valence-electron chi connectivity index (χ3n) is 3.62. The summed E-state index contributed by atoms with van der Waals surface area (Å²) in [5.41, 5.74) is 1.12. The maximum absolute atomic E-state index is 11.5. The number of rotatable bonds is 7. The van der Waals surface area contributed by atoms with Gasteiger partial charge in [-0.1, -0.05) is 30.3 Å². The van der Waals surface area contributed by atoms with E-state index in [2.05, 4.69) is 5.32 Å². The highest BCUT2D eigenvalue weighted by Gasteiger charge is 2.11. The molecule has 0 heterocycles. The van der Waals surface area contributed by atoms with Gasteiger partial charge in [0.1, 0.15) is 11.5 Å². The maximum atomic E-state index is 11.5. The number of carbonyl (C=O) groups excluding carboxylic acids is 1. The fraction of sp³-hybridized carbons (Fsp3) is 0.316. The molecule has 0 bridgehead atoms. The van der Waals surface area contributed by atoms with E-state index >= 15 is 0 Å². The van der Waals surface area contributed by atoms with Crippen LogP contribution in [0, 0.1) is 0 Å². The van der Waals surface area contributed by atoms with Gasteiger partial charge >= 0.3 is 6.09 Å². The van der Waals surface area contributed by atoms with Gasteiger partial charge in [-0.25, -0.2) is 4.79 Å². The summed E-state index contributed by atoms with van der Waals surface area (Å²) in [7, 11) is 5.23. The molecule has 1 N–H and O–H groups in total. The van der Waals surface area contributed by atoms with Crippen molar-refractivity contribution in [2.45, 2.75) is 12.5 Å². The van der Waals surface area contributed by atoms with Crippen LogP contribution < -0.4 is 14.8 Å². The topological polar surface area (TPSA) is 50.8 Å². The molecule has 1 unspecified atom stereocenters.